The minimum atomic E-state index is -0.679. The van der Waals surface area contributed by atoms with Crippen LogP contribution in [0.2, 0.25) is 0 Å². The van der Waals surface area contributed by atoms with Crippen LogP contribution in [-0.4, -0.2) is 21.3 Å². The number of phenolic OH excluding ortho intramolecular Hbond substituents is 1. The lowest BCUT2D eigenvalue weighted by Crippen LogP contribution is -2.11. The lowest BCUT2D eigenvalue weighted by atomic mass is 10.1. The van der Waals surface area contributed by atoms with Crippen LogP contribution in [0.5, 0.6) is 5.75 Å². The number of hydrogen-bond donors (Lipinski definition) is 1. The van der Waals surface area contributed by atoms with Gasteiger partial charge in [-0.1, -0.05) is 17.7 Å². The fraction of sp³-hybridized carbons (Fsp3) is 0.190. The molecule has 4 aromatic rings. The molecule has 0 bridgehead atoms. The van der Waals surface area contributed by atoms with Crippen molar-refractivity contribution in [3.05, 3.63) is 65.7 Å². The van der Waals surface area contributed by atoms with Crippen LogP contribution in [0.3, 0.4) is 0 Å². The molecule has 0 unspecified atom stereocenters. The SMILES string of the molecule is Cc1ccc(-c2nnc([C@H](C)OC(=O)Cc3coc4cc(O)ccc34)o2)cc1. The van der Waals surface area contributed by atoms with Gasteiger partial charge in [-0.3, -0.25) is 4.79 Å². The van der Waals surface area contributed by atoms with E-state index in [4.69, 9.17) is 13.6 Å². The minimum absolute atomic E-state index is 0.0288. The average molecular weight is 378 g/mol. The Labute approximate surface area is 160 Å². The van der Waals surface area contributed by atoms with Gasteiger partial charge in [0.25, 0.3) is 5.89 Å². The number of esters is 1. The third kappa shape index (κ3) is 3.59. The van der Waals surface area contributed by atoms with Crippen LogP contribution >= 0.6 is 0 Å². The summed E-state index contributed by atoms with van der Waals surface area (Å²) in [5, 5.41) is 18.2. The summed E-state index contributed by atoms with van der Waals surface area (Å²) in [6, 6.07) is 12.4. The highest BCUT2D eigenvalue weighted by molar-refractivity contribution is 5.86. The Morgan fingerprint density at radius 1 is 1.18 bits per heavy atom. The molecule has 4 rings (SSSR count). The molecule has 7 nitrogen and oxygen atoms in total. The summed E-state index contributed by atoms with van der Waals surface area (Å²) in [5.41, 5.74) is 3.12. The molecule has 2 heterocycles. The molecule has 2 aromatic carbocycles. The predicted molar refractivity (Wildman–Crippen MR) is 101 cm³/mol. The van der Waals surface area contributed by atoms with Gasteiger partial charge in [0, 0.05) is 22.6 Å². The van der Waals surface area contributed by atoms with Crippen molar-refractivity contribution in [3.63, 3.8) is 0 Å². The molecule has 7 heteroatoms. The molecular formula is C21H18N2O5. The fourth-order valence-electron chi connectivity index (χ4n) is 2.87. The van der Waals surface area contributed by atoms with E-state index in [-0.39, 0.29) is 18.1 Å². The number of phenols is 1. The molecule has 0 amide bonds. The number of aromatic hydroxyl groups is 1. The second-order valence-corrected chi connectivity index (χ2v) is 6.56. The normalized spacial score (nSPS) is 12.2. The molecule has 0 aliphatic carbocycles. The largest absolute Gasteiger partial charge is 0.508 e. The standard InChI is InChI=1S/C21H18N2O5/c1-12-3-5-14(6-4-12)21-23-22-20(28-21)13(2)27-19(25)9-15-11-26-18-10-16(24)7-8-17(15)18/h3-8,10-11,13,24H,9H2,1-2H3/t13-/m0/s1. The van der Waals surface area contributed by atoms with Gasteiger partial charge in [-0.25, -0.2) is 0 Å². The first-order valence-electron chi connectivity index (χ1n) is 8.78. The molecule has 0 saturated carbocycles. The first-order valence-corrected chi connectivity index (χ1v) is 8.78. The molecule has 0 aliphatic rings. The lowest BCUT2D eigenvalue weighted by molar-refractivity contribution is -0.148. The summed E-state index contributed by atoms with van der Waals surface area (Å²) in [7, 11) is 0. The molecule has 2 aromatic heterocycles. The number of ether oxygens (including phenoxy) is 1. The number of aryl methyl sites for hydroxylation is 1. The monoisotopic (exact) mass is 378 g/mol. The molecule has 1 atom stereocenters. The Hall–Kier alpha value is -3.61. The third-order valence-corrected chi connectivity index (χ3v) is 4.37. The van der Waals surface area contributed by atoms with Gasteiger partial charge in [0.05, 0.1) is 12.7 Å². The Morgan fingerprint density at radius 3 is 2.75 bits per heavy atom. The van der Waals surface area contributed by atoms with Crippen molar-refractivity contribution in [2.24, 2.45) is 0 Å². The van der Waals surface area contributed by atoms with Gasteiger partial charge < -0.3 is 18.7 Å². The van der Waals surface area contributed by atoms with Gasteiger partial charge in [0.1, 0.15) is 11.3 Å². The average Bonchev–Trinajstić information content (AvgIpc) is 3.30. The quantitative estimate of drug-likeness (QED) is 0.516. The van der Waals surface area contributed by atoms with Gasteiger partial charge >= 0.3 is 5.97 Å². The van der Waals surface area contributed by atoms with Gasteiger partial charge in [-0.05, 0) is 38.1 Å². The van der Waals surface area contributed by atoms with Crippen molar-refractivity contribution in [3.8, 4) is 17.2 Å². The summed E-state index contributed by atoms with van der Waals surface area (Å²) in [5.74, 6) is 0.258. The second kappa shape index (κ2) is 7.19. The van der Waals surface area contributed by atoms with E-state index in [1.807, 2.05) is 31.2 Å². The van der Waals surface area contributed by atoms with E-state index >= 15 is 0 Å². The van der Waals surface area contributed by atoms with E-state index < -0.39 is 12.1 Å². The van der Waals surface area contributed by atoms with E-state index in [9.17, 15) is 9.90 Å². The zero-order chi connectivity index (χ0) is 19.7. The Morgan fingerprint density at radius 2 is 1.96 bits per heavy atom. The molecule has 1 N–H and O–H groups in total. The molecule has 28 heavy (non-hydrogen) atoms. The van der Waals surface area contributed by atoms with Crippen LogP contribution in [0.15, 0.2) is 57.6 Å². The van der Waals surface area contributed by atoms with Crippen LogP contribution in [0, 0.1) is 6.92 Å². The van der Waals surface area contributed by atoms with E-state index in [0.29, 0.717) is 17.0 Å². The molecule has 0 saturated heterocycles. The summed E-state index contributed by atoms with van der Waals surface area (Å²) in [6.07, 6.45) is 0.834. The minimum Gasteiger partial charge on any atom is -0.508 e. The summed E-state index contributed by atoms with van der Waals surface area (Å²) in [6.45, 7) is 3.67. The summed E-state index contributed by atoms with van der Waals surface area (Å²) < 4.78 is 16.4. The number of carbonyl (C=O) groups excluding carboxylic acids is 1. The van der Waals surface area contributed by atoms with E-state index in [2.05, 4.69) is 10.2 Å². The van der Waals surface area contributed by atoms with E-state index in [1.165, 1.54) is 12.3 Å². The number of rotatable bonds is 5. The first kappa shape index (κ1) is 17.8. The smallest absolute Gasteiger partial charge is 0.311 e. The van der Waals surface area contributed by atoms with E-state index in [0.717, 1.165) is 16.5 Å². The maximum Gasteiger partial charge on any atom is 0.311 e. The van der Waals surface area contributed by atoms with E-state index in [1.54, 1.807) is 19.1 Å². The fourth-order valence-corrected chi connectivity index (χ4v) is 2.87. The number of hydrogen-bond acceptors (Lipinski definition) is 7. The zero-order valence-electron chi connectivity index (χ0n) is 15.4. The van der Waals surface area contributed by atoms with Crippen LogP contribution in [-0.2, 0) is 16.0 Å². The number of aromatic nitrogens is 2. The Bertz CT molecular complexity index is 1130. The highest BCUT2D eigenvalue weighted by atomic mass is 16.6. The van der Waals surface area contributed by atoms with Crippen molar-refractivity contribution in [2.75, 3.05) is 0 Å². The van der Waals surface area contributed by atoms with Gasteiger partial charge in [0.2, 0.25) is 5.89 Å². The molecular weight excluding hydrogens is 360 g/mol. The number of furan rings is 1. The van der Waals surface area contributed by atoms with Crippen molar-refractivity contribution >= 4 is 16.9 Å². The molecule has 0 aliphatic heterocycles. The van der Waals surface area contributed by atoms with Crippen LogP contribution < -0.4 is 0 Å². The number of fused-ring (bicyclic) bond motifs is 1. The van der Waals surface area contributed by atoms with Gasteiger partial charge in [0.15, 0.2) is 6.10 Å². The predicted octanol–water partition coefficient (Wildman–Crippen LogP) is 4.34. The lowest BCUT2D eigenvalue weighted by Gasteiger charge is -2.08. The van der Waals surface area contributed by atoms with Crippen molar-refractivity contribution < 1.29 is 23.5 Å². The molecule has 0 radical (unpaired) electrons. The third-order valence-electron chi connectivity index (χ3n) is 4.37. The molecule has 0 spiro atoms. The van der Waals surface area contributed by atoms with Gasteiger partial charge in [-0.2, -0.15) is 0 Å². The highest BCUT2D eigenvalue weighted by Crippen LogP contribution is 2.27. The van der Waals surface area contributed by atoms with Crippen molar-refractivity contribution in [1.29, 1.82) is 0 Å². The van der Waals surface area contributed by atoms with Crippen LogP contribution in [0.4, 0.5) is 0 Å². The van der Waals surface area contributed by atoms with Crippen LogP contribution in [0.25, 0.3) is 22.4 Å². The summed E-state index contributed by atoms with van der Waals surface area (Å²) in [4.78, 5) is 12.3. The van der Waals surface area contributed by atoms with Crippen molar-refractivity contribution in [1.82, 2.24) is 10.2 Å². The second-order valence-electron chi connectivity index (χ2n) is 6.56. The Balaban J connectivity index is 1.43. The first-order chi connectivity index (χ1) is 13.5. The number of nitrogens with zero attached hydrogens (tertiary/aromatic N) is 2. The maximum atomic E-state index is 12.3. The maximum absolute atomic E-state index is 12.3. The topological polar surface area (TPSA) is 98.6 Å². The highest BCUT2D eigenvalue weighted by Gasteiger charge is 2.20. The number of benzene rings is 2. The zero-order valence-corrected chi connectivity index (χ0v) is 15.4. The number of carbonyl (C=O) groups is 1. The molecule has 142 valence electrons. The molecule has 0 fully saturated rings. The Kier molecular flexibility index (Phi) is 4.57. The van der Waals surface area contributed by atoms with Crippen LogP contribution in [0.1, 0.15) is 30.0 Å². The van der Waals surface area contributed by atoms with Crippen molar-refractivity contribution in [2.45, 2.75) is 26.4 Å². The summed E-state index contributed by atoms with van der Waals surface area (Å²) >= 11 is 0. The van der Waals surface area contributed by atoms with Gasteiger partial charge in [-0.15, -0.1) is 10.2 Å².